The number of ether oxygens (including phenoxy) is 1. The molecule has 0 unspecified atom stereocenters. The smallest absolute Gasteiger partial charge is 0.259 e. The van der Waals surface area contributed by atoms with Crippen molar-refractivity contribution in [2.45, 2.75) is 33.6 Å². The predicted molar refractivity (Wildman–Crippen MR) is 93.8 cm³/mol. The first-order chi connectivity index (χ1) is 10.9. The lowest BCUT2D eigenvalue weighted by Gasteiger charge is -2.29. The van der Waals surface area contributed by atoms with Crippen molar-refractivity contribution < 1.29 is 9.53 Å². The molecule has 0 spiro atoms. The first-order valence-electron chi connectivity index (χ1n) is 7.78. The van der Waals surface area contributed by atoms with Crippen molar-refractivity contribution >= 4 is 17.3 Å². The molecule has 1 aliphatic rings. The summed E-state index contributed by atoms with van der Waals surface area (Å²) in [5.74, 6) is 0.579. The van der Waals surface area contributed by atoms with Gasteiger partial charge < -0.3 is 10.1 Å². The van der Waals surface area contributed by atoms with Crippen LogP contribution in [0.3, 0.4) is 0 Å². The third-order valence-corrected chi connectivity index (χ3v) is 3.68. The van der Waals surface area contributed by atoms with E-state index in [1.165, 1.54) is 5.57 Å². The number of amides is 1. The Morgan fingerprint density at radius 2 is 2.13 bits per heavy atom. The summed E-state index contributed by atoms with van der Waals surface area (Å²) < 4.78 is 5.15. The van der Waals surface area contributed by atoms with Crippen molar-refractivity contribution in [1.29, 1.82) is 0 Å². The second-order valence-electron chi connectivity index (χ2n) is 6.73. The van der Waals surface area contributed by atoms with Gasteiger partial charge in [0, 0.05) is 11.8 Å². The van der Waals surface area contributed by atoms with E-state index in [-0.39, 0.29) is 17.9 Å². The second-order valence-corrected chi connectivity index (χ2v) is 6.73. The Bertz CT molecular complexity index is 633. The van der Waals surface area contributed by atoms with Gasteiger partial charge in [0.05, 0.1) is 19.4 Å². The van der Waals surface area contributed by atoms with Crippen LogP contribution in [0, 0.1) is 5.41 Å². The SMILES string of the molecule is COc1cccc(NCC(=O)N/N=C2\C=C(C)CC(C)(C)C2)c1. The summed E-state index contributed by atoms with van der Waals surface area (Å²) in [5.41, 5.74) is 5.87. The van der Waals surface area contributed by atoms with E-state index in [0.29, 0.717) is 0 Å². The lowest BCUT2D eigenvalue weighted by molar-refractivity contribution is -0.119. The van der Waals surface area contributed by atoms with E-state index < -0.39 is 0 Å². The molecule has 1 aromatic carbocycles. The zero-order valence-corrected chi connectivity index (χ0v) is 14.3. The van der Waals surface area contributed by atoms with Crippen LogP contribution in [0.1, 0.15) is 33.6 Å². The van der Waals surface area contributed by atoms with Crippen LogP contribution < -0.4 is 15.5 Å². The molecule has 0 saturated heterocycles. The molecule has 0 aromatic heterocycles. The molecule has 0 saturated carbocycles. The third-order valence-electron chi connectivity index (χ3n) is 3.68. The number of carbonyl (C=O) groups is 1. The summed E-state index contributed by atoms with van der Waals surface area (Å²) in [6, 6.07) is 7.46. The van der Waals surface area contributed by atoms with E-state index >= 15 is 0 Å². The molecule has 2 N–H and O–H groups in total. The minimum Gasteiger partial charge on any atom is -0.497 e. The minimum absolute atomic E-state index is 0.163. The Balaban J connectivity index is 1.87. The molecule has 23 heavy (non-hydrogen) atoms. The van der Waals surface area contributed by atoms with Gasteiger partial charge >= 0.3 is 0 Å². The molecular weight excluding hydrogens is 290 g/mol. The number of rotatable bonds is 5. The average Bonchev–Trinajstić information content (AvgIpc) is 2.49. The summed E-state index contributed by atoms with van der Waals surface area (Å²) in [5, 5.41) is 7.31. The number of carbonyl (C=O) groups excluding carboxylic acids is 1. The quantitative estimate of drug-likeness (QED) is 0.819. The molecule has 0 radical (unpaired) electrons. The average molecular weight is 315 g/mol. The monoisotopic (exact) mass is 315 g/mol. The lowest BCUT2D eigenvalue weighted by Crippen LogP contribution is -2.29. The Morgan fingerprint density at radius 1 is 1.35 bits per heavy atom. The molecule has 5 nitrogen and oxygen atoms in total. The van der Waals surface area contributed by atoms with Gasteiger partial charge in [0.15, 0.2) is 0 Å². The Hall–Kier alpha value is -2.30. The first-order valence-corrected chi connectivity index (χ1v) is 7.78. The van der Waals surface area contributed by atoms with Crippen LogP contribution in [-0.2, 0) is 4.79 Å². The van der Waals surface area contributed by atoms with Gasteiger partial charge in [0.2, 0.25) is 0 Å². The maximum absolute atomic E-state index is 11.9. The predicted octanol–water partition coefficient (Wildman–Crippen LogP) is 3.35. The Labute approximate surface area is 137 Å². The van der Waals surface area contributed by atoms with Crippen LogP contribution in [0.25, 0.3) is 0 Å². The van der Waals surface area contributed by atoms with E-state index in [1.54, 1.807) is 7.11 Å². The zero-order chi connectivity index (χ0) is 16.9. The van der Waals surface area contributed by atoms with Crippen molar-refractivity contribution in [1.82, 2.24) is 5.43 Å². The van der Waals surface area contributed by atoms with Crippen LogP contribution in [0.4, 0.5) is 5.69 Å². The highest BCUT2D eigenvalue weighted by Crippen LogP contribution is 2.33. The molecule has 0 atom stereocenters. The fourth-order valence-corrected chi connectivity index (χ4v) is 2.85. The second kappa shape index (κ2) is 7.31. The van der Waals surface area contributed by atoms with Crippen LogP contribution in [0.5, 0.6) is 5.75 Å². The number of allylic oxidation sites excluding steroid dienone is 2. The van der Waals surface area contributed by atoms with Crippen LogP contribution in [0.2, 0.25) is 0 Å². The summed E-state index contributed by atoms with van der Waals surface area (Å²) in [4.78, 5) is 11.9. The molecule has 0 aliphatic heterocycles. The van der Waals surface area contributed by atoms with Crippen molar-refractivity contribution in [2.75, 3.05) is 19.0 Å². The van der Waals surface area contributed by atoms with E-state index in [4.69, 9.17) is 4.74 Å². The summed E-state index contributed by atoms with van der Waals surface area (Å²) in [6.45, 7) is 6.69. The standard InChI is InChI=1S/C18H25N3O2/c1-13-8-15(11-18(2,3)10-13)20-21-17(22)12-19-14-6-5-7-16(9-14)23-4/h5-9,19H,10-12H2,1-4H3,(H,21,22)/b20-15+. The normalized spacial score (nSPS) is 18.3. The van der Waals surface area contributed by atoms with Gasteiger partial charge in [0.1, 0.15) is 5.75 Å². The molecular formula is C18H25N3O2. The van der Waals surface area contributed by atoms with Gasteiger partial charge in [-0.3, -0.25) is 4.79 Å². The minimum atomic E-state index is -0.172. The highest BCUT2D eigenvalue weighted by molar-refractivity contribution is 5.97. The first kappa shape index (κ1) is 17.1. The molecule has 1 amide bonds. The van der Waals surface area contributed by atoms with Gasteiger partial charge in [0.25, 0.3) is 5.91 Å². The number of nitrogens with zero attached hydrogens (tertiary/aromatic N) is 1. The van der Waals surface area contributed by atoms with Crippen molar-refractivity contribution in [2.24, 2.45) is 10.5 Å². The van der Waals surface area contributed by atoms with E-state index in [9.17, 15) is 4.79 Å². The molecule has 1 aliphatic carbocycles. The number of anilines is 1. The highest BCUT2D eigenvalue weighted by Gasteiger charge is 2.24. The maximum Gasteiger partial charge on any atom is 0.259 e. The molecule has 2 rings (SSSR count). The number of benzene rings is 1. The molecule has 124 valence electrons. The molecule has 1 aromatic rings. The van der Waals surface area contributed by atoms with Crippen molar-refractivity contribution in [3.63, 3.8) is 0 Å². The Morgan fingerprint density at radius 3 is 2.83 bits per heavy atom. The van der Waals surface area contributed by atoms with E-state index in [0.717, 1.165) is 30.0 Å². The van der Waals surface area contributed by atoms with Crippen LogP contribution in [0.15, 0.2) is 41.0 Å². The number of methoxy groups -OCH3 is 1. The van der Waals surface area contributed by atoms with Crippen LogP contribution in [-0.4, -0.2) is 25.3 Å². The van der Waals surface area contributed by atoms with Crippen LogP contribution >= 0.6 is 0 Å². The molecule has 5 heteroatoms. The topological polar surface area (TPSA) is 62.7 Å². The molecule has 0 bridgehead atoms. The molecule has 0 heterocycles. The maximum atomic E-state index is 11.9. The van der Waals surface area contributed by atoms with E-state index in [2.05, 4.69) is 42.7 Å². The fraction of sp³-hybridized carbons (Fsp3) is 0.444. The number of hydrogen-bond acceptors (Lipinski definition) is 4. The van der Waals surface area contributed by atoms with Crippen molar-refractivity contribution in [3.05, 3.63) is 35.9 Å². The summed E-state index contributed by atoms with van der Waals surface area (Å²) in [6.07, 6.45) is 3.99. The zero-order valence-electron chi connectivity index (χ0n) is 14.3. The van der Waals surface area contributed by atoms with Gasteiger partial charge in [-0.25, -0.2) is 5.43 Å². The largest absolute Gasteiger partial charge is 0.497 e. The fourth-order valence-electron chi connectivity index (χ4n) is 2.85. The number of nitrogens with one attached hydrogen (secondary N) is 2. The third kappa shape index (κ3) is 5.43. The summed E-state index contributed by atoms with van der Waals surface area (Å²) in [7, 11) is 1.61. The van der Waals surface area contributed by atoms with Gasteiger partial charge in [-0.05, 0) is 43.4 Å². The number of hydrazone groups is 1. The molecule has 0 fully saturated rings. The van der Waals surface area contributed by atoms with Gasteiger partial charge in [-0.1, -0.05) is 25.5 Å². The summed E-state index contributed by atoms with van der Waals surface area (Å²) >= 11 is 0. The lowest BCUT2D eigenvalue weighted by atomic mass is 9.77. The van der Waals surface area contributed by atoms with E-state index in [1.807, 2.05) is 24.3 Å². The highest BCUT2D eigenvalue weighted by atomic mass is 16.5. The van der Waals surface area contributed by atoms with Gasteiger partial charge in [-0.2, -0.15) is 5.10 Å². The van der Waals surface area contributed by atoms with Crippen molar-refractivity contribution in [3.8, 4) is 5.75 Å². The number of hydrogen-bond donors (Lipinski definition) is 2. The van der Waals surface area contributed by atoms with Gasteiger partial charge in [-0.15, -0.1) is 0 Å². The Kier molecular flexibility index (Phi) is 5.42.